The standard InChI is InChI=1S/C43H42N2O4S/c1-2-37(44-27-28-48-39(30-44)33-15-7-3-8-16-33)31-49-38-25-23-32(24-26-38)29-40-41(46)45(42(47)50-40)43(34-17-9-4-10-18-34,35-19-11-5-12-20-35)36-21-13-6-14-22-36/h3-26,37,39-40H,2,27-31H2,1H3. The summed E-state index contributed by atoms with van der Waals surface area (Å²) >= 11 is 1.11. The summed E-state index contributed by atoms with van der Waals surface area (Å²) < 4.78 is 12.4. The maximum Gasteiger partial charge on any atom is 0.290 e. The molecule has 0 spiro atoms. The molecule has 2 heterocycles. The van der Waals surface area contributed by atoms with Crippen LogP contribution in [0.15, 0.2) is 146 Å². The maximum atomic E-state index is 14.5. The van der Waals surface area contributed by atoms with Gasteiger partial charge in [-0.3, -0.25) is 19.4 Å². The third-order valence-electron chi connectivity index (χ3n) is 9.88. The molecule has 0 bridgehead atoms. The van der Waals surface area contributed by atoms with Crippen LogP contribution in [0.3, 0.4) is 0 Å². The lowest BCUT2D eigenvalue weighted by atomic mass is 9.75. The molecular weight excluding hydrogens is 641 g/mol. The molecule has 7 rings (SSSR count). The van der Waals surface area contributed by atoms with Crippen molar-refractivity contribution >= 4 is 22.9 Å². The zero-order valence-electron chi connectivity index (χ0n) is 28.3. The highest BCUT2D eigenvalue weighted by Crippen LogP contribution is 2.48. The Labute approximate surface area is 299 Å². The summed E-state index contributed by atoms with van der Waals surface area (Å²) in [5, 5.41) is -0.798. The first-order valence-corrected chi connectivity index (χ1v) is 18.3. The highest BCUT2D eigenvalue weighted by atomic mass is 32.2. The topological polar surface area (TPSA) is 59.1 Å². The van der Waals surface area contributed by atoms with Crippen molar-refractivity contribution in [2.75, 3.05) is 26.3 Å². The van der Waals surface area contributed by atoms with Crippen molar-refractivity contribution in [3.05, 3.63) is 173 Å². The van der Waals surface area contributed by atoms with Gasteiger partial charge < -0.3 is 9.47 Å². The van der Waals surface area contributed by atoms with Gasteiger partial charge in [-0.05, 0) is 52.8 Å². The first-order chi connectivity index (χ1) is 24.6. The molecule has 6 nitrogen and oxygen atoms in total. The van der Waals surface area contributed by atoms with Gasteiger partial charge in [-0.2, -0.15) is 0 Å². The Kier molecular flexibility index (Phi) is 10.5. The van der Waals surface area contributed by atoms with E-state index in [4.69, 9.17) is 9.47 Å². The van der Waals surface area contributed by atoms with E-state index >= 15 is 0 Å². The first-order valence-electron chi connectivity index (χ1n) is 17.4. The number of carbonyl (C=O) groups excluding carboxylic acids is 2. The number of carbonyl (C=O) groups is 2. The van der Waals surface area contributed by atoms with Crippen molar-refractivity contribution < 1.29 is 19.1 Å². The Morgan fingerprint density at radius 1 is 0.760 bits per heavy atom. The Balaban J connectivity index is 1.07. The number of rotatable bonds is 12. The number of ether oxygens (including phenoxy) is 2. The molecule has 254 valence electrons. The minimum absolute atomic E-state index is 0.0653. The van der Waals surface area contributed by atoms with Crippen LogP contribution in [-0.4, -0.2) is 58.5 Å². The van der Waals surface area contributed by atoms with Crippen LogP contribution < -0.4 is 4.74 Å². The average Bonchev–Trinajstić information content (AvgIpc) is 3.46. The SMILES string of the molecule is CCC(COc1ccc(CC2SC(=O)N(C(c3ccccc3)(c3ccccc3)c3ccccc3)C2=O)cc1)N1CCOC(c2ccccc2)C1. The second-order valence-electron chi connectivity index (χ2n) is 12.8. The van der Waals surface area contributed by atoms with Crippen LogP contribution in [0.2, 0.25) is 0 Å². The first kappa shape index (κ1) is 33.8. The summed E-state index contributed by atoms with van der Waals surface area (Å²) in [5.41, 5.74) is 3.65. The van der Waals surface area contributed by atoms with Crippen molar-refractivity contribution in [3.8, 4) is 5.75 Å². The zero-order valence-corrected chi connectivity index (χ0v) is 29.1. The monoisotopic (exact) mass is 682 g/mol. The largest absolute Gasteiger partial charge is 0.492 e. The number of thioether (sulfide) groups is 1. The number of amides is 2. The van der Waals surface area contributed by atoms with Crippen LogP contribution in [0, 0.1) is 0 Å². The van der Waals surface area contributed by atoms with E-state index in [0.29, 0.717) is 19.6 Å². The summed E-state index contributed by atoms with van der Waals surface area (Å²) in [6, 6.07) is 48.3. The highest BCUT2D eigenvalue weighted by molar-refractivity contribution is 8.15. The molecule has 2 fully saturated rings. The van der Waals surface area contributed by atoms with Crippen LogP contribution in [0.25, 0.3) is 0 Å². The minimum atomic E-state index is -1.12. The van der Waals surface area contributed by atoms with Crippen molar-refractivity contribution in [2.45, 2.75) is 42.7 Å². The summed E-state index contributed by atoms with van der Waals surface area (Å²) in [6.45, 7) is 5.21. The highest BCUT2D eigenvalue weighted by Gasteiger charge is 2.54. The van der Waals surface area contributed by atoms with Crippen molar-refractivity contribution in [1.29, 1.82) is 0 Å². The van der Waals surface area contributed by atoms with E-state index in [2.05, 4.69) is 36.1 Å². The lowest BCUT2D eigenvalue weighted by Crippen LogP contribution is -2.51. The third kappa shape index (κ3) is 6.86. The van der Waals surface area contributed by atoms with Crippen molar-refractivity contribution in [3.63, 3.8) is 0 Å². The van der Waals surface area contributed by atoms with Gasteiger partial charge in [0.15, 0.2) is 0 Å². The molecule has 5 aromatic rings. The molecule has 0 radical (unpaired) electrons. The Bertz CT molecular complexity index is 1760. The summed E-state index contributed by atoms with van der Waals surface area (Å²) in [7, 11) is 0. The van der Waals surface area contributed by atoms with Crippen LogP contribution in [0.1, 0.15) is 47.3 Å². The van der Waals surface area contributed by atoms with Gasteiger partial charge in [-0.1, -0.05) is 152 Å². The van der Waals surface area contributed by atoms with Gasteiger partial charge in [-0.25, -0.2) is 0 Å². The van der Waals surface area contributed by atoms with Gasteiger partial charge in [0.05, 0.1) is 18.0 Å². The second kappa shape index (κ2) is 15.5. The zero-order chi connectivity index (χ0) is 34.3. The number of benzene rings is 5. The molecule has 0 N–H and O–H groups in total. The van der Waals surface area contributed by atoms with E-state index in [9.17, 15) is 9.59 Å². The van der Waals surface area contributed by atoms with Crippen LogP contribution >= 0.6 is 11.8 Å². The molecule has 2 saturated heterocycles. The maximum absolute atomic E-state index is 14.5. The fraction of sp³-hybridized carbons (Fsp3) is 0.256. The molecule has 2 amide bonds. The van der Waals surface area contributed by atoms with Gasteiger partial charge in [0.25, 0.3) is 5.24 Å². The number of morpholine rings is 1. The van der Waals surface area contributed by atoms with E-state index in [-0.39, 0.29) is 23.3 Å². The van der Waals surface area contributed by atoms with Crippen molar-refractivity contribution in [1.82, 2.24) is 9.80 Å². The van der Waals surface area contributed by atoms with Crippen LogP contribution in [-0.2, 0) is 21.5 Å². The molecule has 2 aliphatic heterocycles. The molecule has 7 heteroatoms. The molecule has 3 atom stereocenters. The van der Waals surface area contributed by atoms with Crippen LogP contribution in [0.5, 0.6) is 5.75 Å². The molecule has 2 aliphatic rings. The Hall–Kier alpha value is -4.69. The van der Waals surface area contributed by atoms with Crippen molar-refractivity contribution in [2.24, 2.45) is 0 Å². The van der Waals surface area contributed by atoms with E-state index in [1.807, 2.05) is 121 Å². The molecule has 0 aliphatic carbocycles. The molecular formula is C43H42N2O4S. The molecule has 0 aromatic heterocycles. The molecule has 3 unspecified atom stereocenters. The van der Waals surface area contributed by atoms with E-state index in [1.54, 1.807) is 0 Å². The number of nitrogens with zero attached hydrogens (tertiary/aromatic N) is 2. The van der Waals surface area contributed by atoms with Crippen LogP contribution in [0.4, 0.5) is 4.79 Å². The van der Waals surface area contributed by atoms with Gasteiger partial charge in [-0.15, -0.1) is 0 Å². The Morgan fingerprint density at radius 2 is 1.30 bits per heavy atom. The van der Waals surface area contributed by atoms with Gasteiger partial charge in [0, 0.05) is 19.1 Å². The summed E-state index contributed by atoms with van der Waals surface area (Å²) in [5.74, 6) is 0.599. The minimum Gasteiger partial charge on any atom is -0.492 e. The van der Waals surface area contributed by atoms with Gasteiger partial charge in [0.2, 0.25) is 5.91 Å². The fourth-order valence-corrected chi connectivity index (χ4v) is 8.35. The number of hydrogen-bond donors (Lipinski definition) is 0. The smallest absolute Gasteiger partial charge is 0.290 e. The Morgan fingerprint density at radius 3 is 1.84 bits per heavy atom. The fourth-order valence-electron chi connectivity index (χ4n) is 7.30. The number of imide groups is 1. The predicted molar refractivity (Wildman–Crippen MR) is 199 cm³/mol. The van der Waals surface area contributed by atoms with Gasteiger partial charge in [0.1, 0.15) is 17.9 Å². The van der Waals surface area contributed by atoms with E-state index in [0.717, 1.165) is 59.3 Å². The average molecular weight is 683 g/mol. The molecule has 5 aromatic carbocycles. The predicted octanol–water partition coefficient (Wildman–Crippen LogP) is 8.52. The quantitative estimate of drug-likeness (QED) is 0.123. The van der Waals surface area contributed by atoms with Gasteiger partial charge >= 0.3 is 0 Å². The lowest BCUT2D eigenvalue weighted by molar-refractivity contribution is -0.129. The summed E-state index contributed by atoms with van der Waals surface area (Å²) in [6.07, 6.45) is 1.48. The third-order valence-corrected chi connectivity index (χ3v) is 10.9. The number of hydrogen-bond acceptors (Lipinski definition) is 6. The normalized spacial score (nSPS) is 19.0. The lowest BCUT2D eigenvalue weighted by Gasteiger charge is -2.42. The molecule has 50 heavy (non-hydrogen) atoms. The summed E-state index contributed by atoms with van der Waals surface area (Å²) in [4.78, 5) is 32.5. The van der Waals surface area contributed by atoms with E-state index in [1.165, 1.54) is 10.5 Å². The molecule has 0 saturated carbocycles. The second-order valence-corrected chi connectivity index (χ2v) is 14.0. The van der Waals surface area contributed by atoms with E-state index < -0.39 is 10.8 Å².